The predicted molar refractivity (Wildman–Crippen MR) is 145 cm³/mol. The summed E-state index contributed by atoms with van der Waals surface area (Å²) in [5, 5.41) is 14.7. The van der Waals surface area contributed by atoms with Crippen molar-refractivity contribution in [1.82, 2.24) is 5.32 Å². The molecule has 9 nitrogen and oxygen atoms in total. The summed E-state index contributed by atoms with van der Waals surface area (Å²) in [5.74, 6) is -2.14. The SMILES string of the molecule is O=C(COc1c(Br)cc(Br)cc1/C=C1/C(=O)NC(=O)N(c2ccc(O)cc2)C1=O)Nc1ccccc1Cl. The molecule has 3 aromatic carbocycles. The predicted octanol–water partition coefficient (Wildman–Crippen LogP) is 5.25. The van der Waals surface area contributed by atoms with Gasteiger partial charge in [-0.15, -0.1) is 0 Å². The van der Waals surface area contributed by atoms with E-state index in [1.807, 2.05) is 0 Å². The van der Waals surface area contributed by atoms with E-state index in [1.165, 1.54) is 30.3 Å². The normalized spacial score (nSPS) is 14.5. The number of hydrogen-bond donors (Lipinski definition) is 3. The van der Waals surface area contributed by atoms with Crippen LogP contribution in [0.5, 0.6) is 11.5 Å². The second kappa shape index (κ2) is 11.2. The highest BCUT2D eigenvalue weighted by molar-refractivity contribution is 9.11. The van der Waals surface area contributed by atoms with Gasteiger partial charge in [-0.3, -0.25) is 19.7 Å². The number of rotatable bonds is 6. The molecule has 0 aromatic heterocycles. The first-order valence-electron chi connectivity index (χ1n) is 10.5. The van der Waals surface area contributed by atoms with Crippen LogP contribution in [0.4, 0.5) is 16.2 Å². The molecule has 0 saturated carbocycles. The number of halogens is 3. The highest BCUT2D eigenvalue weighted by Crippen LogP contribution is 2.35. The molecule has 0 unspecified atom stereocenters. The molecular weight excluding hydrogens is 634 g/mol. The van der Waals surface area contributed by atoms with Gasteiger partial charge in [0.25, 0.3) is 17.7 Å². The number of ether oxygens (including phenoxy) is 1. The topological polar surface area (TPSA) is 125 Å². The molecule has 0 spiro atoms. The lowest BCUT2D eigenvalue weighted by atomic mass is 10.1. The molecule has 1 heterocycles. The third kappa shape index (κ3) is 6.01. The van der Waals surface area contributed by atoms with Crippen molar-refractivity contribution in [2.75, 3.05) is 16.8 Å². The summed E-state index contributed by atoms with van der Waals surface area (Å²) in [5.41, 5.74) is 0.508. The van der Waals surface area contributed by atoms with E-state index in [0.29, 0.717) is 19.7 Å². The average molecular weight is 650 g/mol. The van der Waals surface area contributed by atoms with Gasteiger partial charge in [-0.1, -0.05) is 39.7 Å². The highest BCUT2D eigenvalue weighted by atomic mass is 79.9. The summed E-state index contributed by atoms with van der Waals surface area (Å²) in [4.78, 5) is 51.5. The van der Waals surface area contributed by atoms with Crippen molar-refractivity contribution in [3.05, 3.63) is 85.8 Å². The summed E-state index contributed by atoms with van der Waals surface area (Å²) in [6, 6.07) is 14.4. The van der Waals surface area contributed by atoms with Crippen molar-refractivity contribution >= 4 is 84.7 Å². The number of barbiturate groups is 1. The number of phenols is 1. The van der Waals surface area contributed by atoms with Crippen molar-refractivity contribution in [1.29, 1.82) is 0 Å². The lowest BCUT2D eigenvalue weighted by Crippen LogP contribution is -2.54. The molecule has 188 valence electrons. The smallest absolute Gasteiger partial charge is 0.335 e. The Balaban J connectivity index is 1.63. The first-order valence-corrected chi connectivity index (χ1v) is 12.5. The number of carbonyl (C=O) groups is 4. The zero-order valence-electron chi connectivity index (χ0n) is 18.6. The number of phenolic OH excluding ortho intramolecular Hbond substituents is 1. The van der Waals surface area contributed by atoms with Gasteiger partial charge in [0.15, 0.2) is 6.61 Å². The van der Waals surface area contributed by atoms with Crippen molar-refractivity contribution in [3.63, 3.8) is 0 Å². The van der Waals surface area contributed by atoms with Crippen LogP contribution in [0, 0.1) is 0 Å². The summed E-state index contributed by atoms with van der Waals surface area (Å²) < 4.78 is 6.77. The van der Waals surface area contributed by atoms with Crippen LogP contribution >= 0.6 is 43.5 Å². The van der Waals surface area contributed by atoms with Crippen molar-refractivity contribution in [3.8, 4) is 11.5 Å². The van der Waals surface area contributed by atoms with E-state index in [4.69, 9.17) is 16.3 Å². The molecule has 37 heavy (non-hydrogen) atoms. The third-order valence-electron chi connectivity index (χ3n) is 5.04. The van der Waals surface area contributed by atoms with Gasteiger partial charge in [0.2, 0.25) is 0 Å². The fourth-order valence-corrected chi connectivity index (χ4v) is 4.93. The molecular formula is C25H16Br2ClN3O6. The van der Waals surface area contributed by atoms with Gasteiger partial charge in [0.1, 0.15) is 17.1 Å². The number of nitrogens with one attached hydrogen (secondary N) is 2. The Kier molecular flexibility index (Phi) is 7.96. The molecule has 1 aliphatic rings. The molecule has 1 fully saturated rings. The van der Waals surface area contributed by atoms with E-state index in [2.05, 4.69) is 42.5 Å². The van der Waals surface area contributed by atoms with Crippen molar-refractivity contribution < 1.29 is 29.0 Å². The Labute approximate surface area is 232 Å². The Bertz CT molecular complexity index is 1460. The van der Waals surface area contributed by atoms with Crippen LogP contribution in [-0.4, -0.2) is 35.5 Å². The number of urea groups is 1. The summed E-state index contributed by atoms with van der Waals surface area (Å²) in [7, 11) is 0. The van der Waals surface area contributed by atoms with Crippen molar-refractivity contribution in [2.24, 2.45) is 0 Å². The fourth-order valence-electron chi connectivity index (χ4n) is 3.38. The maximum atomic E-state index is 13.2. The van der Waals surface area contributed by atoms with Crippen LogP contribution in [0.1, 0.15) is 5.56 Å². The van der Waals surface area contributed by atoms with Gasteiger partial charge < -0.3 is 15.2 Å². The van der Waals surface area contributed by atoms with E-state index in [9.17, 15) is 24.3 Å². The number of imide groups is 2. The number of nitrogens with zero attached hydrogens (tertiary/aromatic N) is 1. The van der Waals surface area contributed by atoms with Gasteiger partial charge in [-0.25, -0.2) is 9.69 Å². The Hall–Kier alpha value is -3.67. The standard InChI is InChI=1S/C25H16Br2ClN3O6/c26-14-9-13(22(18(27)11-14)37-12-21(33)29-20-4-2-1-3-19(20)28)10-17-23(34)30-25(36)31(24(17)35)15-5-7-16(32)8-6-15/h1-11,32H,12H2,(H,29,33)(H,30,34,36)/b17-10-. The molecule has 0 aliphatic carbocycles. The molecule has 1 saturated heterocycles. The molecule has 12 heteroatoms. The number of carbonyl (C=O) groups excluding carboxylic acids is 4. The first kappa shape index (κ1) is 26.4. The Morgan fingerprint density at radius 3 is 2.49 bits per heavy atom. The van der Waals surface area contributed by atoms with Gasteiger partial charge in [-0.2, -0.15) is 0 Å². The minimum atomic E-state index is -0.930. The van der Waals surface area contributed by atoms with Crippen LogP contribution in [0.2, 0.25) is 5.02 Å². The highest BCUT2D eigenvalue weighted by Gasteiger charge is 2.37. The Morgan fingerprint density at radius 1 is 1.08 bits per heavy atom. The maximum Gasteiger partial charge on any atom is 0.335 e. The maximum absolute atomic E-state index is 13.2. The largest absolute Gasteiger partial charge is 0.508 e. The number of benzene rings is 3. The molecule has 5 amide bonds. The van der Waals surface area contributed by atoms with Crippen LogP contribution in [0.25, 0.3) is 6.08 Å². The van der Waals surface area contributed by atoms with E-state index in [0.717, 1.165) is 4.90 Å². The number of aromatic hydroxyl groups is 1. The van der Waals surface area contributed by atoms with Crippen LogP contribution in [0.3, 0.4) is 0 Å². The van der Waals surface area contributed by atoms with Gasteiger partial charge in [-0.05, 0) is 70.5 Å². The van der Waals surface area contributed by atoms with Crippen LogP contribution in [0.15, 0.2) is 75.2 Å². The number of para-hydroxylation sites is 1. The minimum absolute atomic E-state index is 0.0557. The van der Waals surface area contributed by atoms with E-state index < -0.39 is 30.4 Å². The van der Waals surface area contributed by atoms with E-state index in [-0.39, 0.29) is 28.3 Å². The van der Waals surface area contributed by atoms with Crippen LogP contribution in [-0.2, 0) is 14.4 Å². The molecule has 0 bridgehead atoms. The number of anilines is 2. The molecule has 3 aromatic rings. The number of hydrogen-bond acceptors (Lipinski definition) is 6. The molecule has 3 N–H and O–H groups in total. The first-order chi connectivity index (χ1) is 17.6. The van der Waals surface area contributed by atoms with Crippen LogP contribution < -0.4 is 20.3 Å². The molecule has 0 atom stereocenters. The van der Waals surface area contributed by atoms with E-state index in [1.54, 1.807) is 36.4 Å². The third-order valence-corrected chi connectivity index (χ3v) is 6.42. The fraction of sp³-hybridized carbons (Fsp3) is 0.0400. The average Bonchev–Trinajstić information content (AvgIpc) is 2.83. The lowest BCUT2D eigenvalue weighted by Gasteiger charge is -2.26. The zero-order valence-corrected chi connectivity index (χ0v) is 22.6. The summed E-state index contributed by atoms with van der Waals surface area (Å²) in [6.45, 7) is -0.403. The minimum Gasteiger partial charge on any atom is -0.508 e. The van der Waals surface area contributed by atoms with Gasteiger partial charge in [0.05, 0.1) is 20.9 Å². The molecule has 1 aliphatic heterocycles. The number of amides is 5. The zero-order chi connectivity index (χ0) is 26.7. The van der Waals surface area contributed by atoms with Gasteiger partial charge >= 0.3 is 6.03 Å². The quantitative estimate of drug-likeness (QED) is 0.248. The summed E-state index contributed by atoms with van der Waals surface area (Å²) >= 11 is 12.8. The second-order valence-electron chi connectivity index (χ2n) is 7.60. The summed E-state index contributed by atoms with van der Waals surface area (Å²) in [6.07, 6.45) is 1.26. The molecule has 0 radical (unpaired) electrons. The monoisotopic (exact) mass is 647 g/mol. The van der Waals surface area contributed by atoms with E-state index >= 15 is 0 Å². The lowest BCUT2D eigenvalue weighted by molar-refractivity contribution is -0.122. The van der Waals surface area contributed by atoms with Crippen molar-refractivity contribution in [2.45, 2.75) is 0 Å². The Morgan fingerprint density at radius 2 is 1.78 bits per heavy atom. The van der Waals surface area contributed by atoms with Gasteiger partial charge in [0, 0.05) is 10.0 Å². The second-order valence-corrected chi connectivity index (χ2v) is 9.77. The molecule has 4 rings (SSSR count).